The summed E-state index contributed by atoms with van der Waals surface area (Å²) >= 11 is 0. The van der Waals surface area contributed by atoms with E-state index < -0.39 is 38.0 Å². The molecule has 266 valence electrons. The highest BCUT2D eigenvalue weighted by atomic mass is 31.2. The number of ether oxygens (including phenoxy) is 1. The van der Waals surface area contributed by atoms with Crippen molar-refractivity contribution in [2.24, 2.45) is 5.73 Å². The van der Waals surface area contributed by atoms with Gasteiger partial charge in [0.2, 0.25) is 11.7 Å². The first-order valence-electron chi connectivity index (χ1n) is 16.4. The van der Waals surface area contributed by atoms with Gasteiger partial charge in [-0.3, -0.25) is 14.2 Å². The van der Waals surface area contributed by atoms with Gasteiger partial charge in [-0.15, -0.1) is 5.10 Å². The Morgan fingerprint density at radius 3 is 2.04 bits per heavy atom. The van der Waals surface area contributed by atoms with E-state index in [0.717, 1.165) is 49.5 Å². The van der Waals surface area contributed by atoms with Crippen molar-refractivity contribution in [3.05, 3.63) is 85.1 Å². The van der Waals surface area contributed by atoms with Crippen LogP contribution in [0.1, 0.15) is 81.6 Å². The molecule has 5 N–H and O–H groups in total. The average Bonchev–Trinajstić information content (AvgIpc) is 3.68. The van der Waals surface area contributed by atoms with Crippen LogP contribution in [0.15, 0.2) is 79.2 Å². The van der Waals surface area contributed by atoms with Crippen LogP contribution in [0.2, 0.25) is 0 Å². The van der Waals surface area contributed by atoms with E-state index in [-0.39, 0.29) is 31.0 Å². The second-order valence-corrected chi connectivity index (χ2v) is 13.2. The number of allylic oxidation sites excluding steroid dienone is 12. The molecule has 2 rings (SSSR count). The summed E-state index contributed by atoms with van der Waals surface area (Å²) < 4.78 is 30.2. The molecule has 2 heterocycles. The third-order valence-electron chi connectivity index (χ3n) is 7.11. The summed E-state index contributed by atoms with van der Waals surface area (Å²) in [6.07, 6.45) is 28.8. The summed E-state index contributed by atoms with van der Waals surface area (Å²) in [7, 11) is -2.32. The Morgan fingerprint density at radius 1 is 0.958 bits per heavy atom. The molecule has 0 bridgehead atoms. The van der Waals surface area contributed by atoms with Gasteiger partial charge < -0.3 is 35.0 Å². The lowest BCUT2D eigenvalue weighted by molar-refractivity contribution is -0.121. The fourth-order valence-electron chi connectivity index (χ4n) is 4.43. The Hall–Kier alpha value is -3.45. The molecule has 1 saturated heterocycles. The lowest BCUT2D eigenvalue weighted by Crippen LogP contribution is -2.34. The minimum absolute atomic E-state index is 0.0246. The summed E-state index contributed by atoms with van der Waals surface area (Å²) in [5, 5.41) is 27.4. The minimum Gasteiger partial charge on any atom is -0.387 e. The molecule has 13 nitrogen and oxygen atoms in total. The molecule has 2 amide bonds. The number of amides is 2. The lowest BCUT2D eigenvalue weighted by Gasteiger charge is -2.20. The van der Waals surface area contributed by atoms with E-state index in [2.05, 4.69) is 83.1 Å². The van der Waals surface area contributed by atoms with E-state index in [1.165, 1.54) is 7.11 Å². The molecule has 0 saturated carbocycles. The highest BCUT2D eigenvalue weighted by Crippen LogP contribution is 2.48. The average molecular weight is 690 g/mol. The number of aliphatic hydroxyl groups excluding tert-OH is 2. The maximum absolute atomic E-state index is 13.0. The molecule has 0 radical (unpaired) electrons. The molecule has 0 aliphatic carbocycles. The van der Waals surface area contributed by atoms with Crippen LogP contribution in [0.5, 0.6) is 0 Å². The Balaban J connectivity index is 1.54. The Morgan fingerprint density at radius 2 is 1.52 bits per heavy atom. The molecular formula is C34H52N5O8P. The van der Waals surface area contributed by atoms with Crippen LogP contribution in [0.3, 0.4) is 0 Å². The molecule has 5 atom stereocenters. The number of aromatic nitrogens is 3. The number of nitrogens with zero attached hydrogens (tertiary/aromatic N) is 3. The van der Waals surface area contributed by atoms with Gasteiger partial charge >= 0.3 is 7.60 Å². The number of hydrogen-bond acceptors (Lipinski definition) is 10. The smallest absolute Gasteiger partial charge is 0.330 e. The van der Waals surface area contributed by atoms with Crippen molar-refractivity contribution in [2.45, 2.75) is 89.3 Å². The first-order valence-corrected chi connectivity index (χ1v) is 18.1. The van der Waals surface area contributed by atoms with Gasteiger partial charge in [-0.1, -0.05) is 79.8 Å². The molecular weight excluding hydrogens is 637 g/mol. The van der Waals surface area contributed by atoms with Gasteiger partial charge in [0.05, 0.1) is 12.8 Å². The predicted molar refractivity (Wildman–Crippen MR) is 185 cm³/mol. The van der Waals surface area contributed by atoms with E-state index in [4.69, 9.17) is 19.5 Å². The molecule has 0 aromatic carbocycles. The van der Waals surface area contributed by atoms with Crippen LogP contribution in [-0.4, -0.2) is 81.5 Å². The van der Waals surface area contributed by atoms with Gasteiger partial charge in [0.15, 0.2) is 6.23 Å². The number of nitrogens with one attached hydrogen (secondary N) is 1. The van der Waals surface area contributed by atoms with Crippen molar-refractivity contribution in [1.82, 2.24) is 20.1 Å². The van der Waals surface area contributed by atoms with Crippen molar-refractivity contribution in [2.75, 3.05) is 26.4 Å². The van der Waals surface area contributed by atoms with Gasteiger partial charge in [0, 0.05) is 20.1 Å². The zero-order valence-corrected chi connectivity index (χ0v) is 28.9. The topological polar surface area (TPSA) is 188 Å². The van der Waals surface area contributed by atoms with E-state index in [9.17, 15) is 24.4 Å². The molecule has 1 aliphatic rings. The highest BCUT2D eigenvalue weighted by molar-refractivity contribution is 7.53. The molecule has 1 fully saturated rings. The van der Waals surface area contributed by atoms with Crippen LogP contribution in [0.4, 0.5) is 0 Å². The number of primary amides is 1. The first kappa shape index (κ1) is 40.7. The first-order chi connectivity index (χ1) is 23.2. The molecule has 48 heavy (non-hydrogen) atoms. The van der Waals surface area contributed by atoms with E-state index >= 15 is 0 Å². The van der Waals surface area contributed by atoms with E-state index in [1.807, 2.05) is 12.2 Å². The number of carbonyl (C=O) groups is 2. The lowest BCUT2D eigenvalue weighted by atomic mass is 10.1. The molecule has 14 heteroatoms. The van der Waals surface area contributed by atoms with Crippen molar-refractivity contribution in [3.8, 4) is 0 Å². The summed E-state index contributed by atoms with van der Waals surface area (Å²) in [6, 6.07) is 0. The second-order valence-electron chi connectivity index (χ2n) is 10.9. The van der Waals surface area contributed by atoms with Crippen LogP contribution in [-0.2, 0) is 23.1 Å². The van der Waals surface area contributed by atoms with Gasteiger partial charge in [-0.25, -0.2) is 9.67 Å². The largest absolute Gasteiger partial charge is 0.387 e. The predicted octanol–water partition coefficient (Wildman–Crippen LogP) is 4.84. The van der Waals surface area contributed by atoms with Crippen LogP contribution in [0.25, 0.3) is 0 Å². The molecule has 0 spiro atoms. The standard InChI is InChI=1S/C34H52N5O8P/c1-3-4-5-6-7-8-9-10-11-12-13-14-15-16-17-18-19-20-21-23-29(40)36-24-22-25-48(44,45-2)46-26-28-30(41)31(42)34(47-28)39-27-37-33(38-39)32(35)43/h4-5,7-8,10-11,13-14,16-17,19-20,27-28,30-31,34,41-42H,3,6,9,12,15,18,21-26H2,1-2H3,(H2,35,43)(H,36,40)/b5-4-,8-7-,11-10-,14-13-,17-16-,20-19-/t28?,30-,31-,34-,48?/m1/s1. The Labute approximate surface area is 283 Å². The summed E-state index contributed by atoms with van der Waals surface area (Å²) in [6.45, 7) is 2.09. The Bertz CT molecular complexity index is 1320. The van der Waals surface area contributed by atoms with Gasteiger partial charge in [-0.05, 0) is 51.4 Å². The van der Waals surface area contributed by atoms with Crippen molar-refractivity contribution in [1.29, 1.82) is 0 Å². The van der Waals surface area contributed by atoms with E-state index in [0.29, 0.717) is 19.3 Å². The zero-order chi connectivity index (χ0) is 35.0. The highest BCUT2D eigenvalue weighted by Gasteiger charge is 2.45. The minimum atomic E-state index is -3.57. The Kier molecular flexibility index (Phi) is 20.2. The maximum Gasteiger partial charge on any atom is 0.330 e. The third-order valence-corrected chi connectivity index (χ3v) is 9.07. The van der Waals surface area contributed by atoms with Crippen LogP contribution < -0.4 is 11.1 Å². The number of carbonyl (C=O) groups excluding carboxylic acids is 2. The van der Waals surface area contributed by atoms with E-state index in [1.54, 1.807) is 0 Å². The van der Waals surface area contributed by atoms with Gasteiger partial charge in [-0.2, -0.15) is 0 Å². The quantitative estimate of drug-likeness (QED) is 0.0665. The molecule has 2 unspecified atom stereocenters. The molecule has 1 aromatic rings. The number of aliphatic hydroxyl groups is 2. The fourth-order valence-corrected chi connectivity index (χ4v) is 5.77. The number of nitrogens with two attached hydrogens (primary N) is 1. The van der Waals surface area contributed by atoms with Crippen LogP contribution >= 0.6 is 7.60 Å². The summed E-state index contributed by atoms with van der Waals surface area (Å²) in [5.74, 6) is -1.24. The van der Waals surface area contributed by atoms with Gasteiger partial charge in [0.25, 0.3) is 5.91 Å². The van der Waals surface area contributed by atoms with Crippen molar-refractivity contribution in [3.63, 3.8) is 0 Å². The third kappa shape index (κ3) is 16.1. The van der Waals surface area contributed by atoms with Crippen molar-refractivity contribution >= 4 is 19.4 Å². The monoisotopic (exact) mass is 689 g/mol. The normalized spacial score (nSPS) is 21.6. The maximum atomic E-state index is 13.0. The summed E-state index contributed by atoms with van der Waals surface area (Å²) in [5.41, 5.74) is 5.14. The SMILES string of the molecule is CC/C=C\C/C=C\C/C=C\C/C=C\C/C=C\C/C=C\CCC(=O)NCCCP(=O)(OC)OCC1O[C@@H](n2cnc(C(N)=O)n2)[C@H](O)[C@@H]1O. The zero-order valence-electron chi connectivity index (χ0n) is 28.0. The summed E-state index contributed by atoms with van der Waals surface area (Å²) in [4.78, 5) is 27.1. The van der Waals surface area contributed by atoms with Gasteiger partial charge in [0.1, 0.15) is 24.6 Å². The van der Waals surface area contributed by atoms with Crippen molar-refractivity contribution < 1.29 is 38.2 Å². The molecule has 1 aliphatic heterocycles. The van der Waals surface area contributed by atoms with Crippen LogP contribution in [0, 0.1) is 0 Å². The molecule has 1 aromatic heterocycles. The number of rotatable bonds is 24. The number of hydrogen-bond donors (Lipinski definition) is 4. The second kappa shape index (κ2) is 23.8. The fraction of sp³-hybridized carbons (Fsp3) is 0.529.